The highest BCUT2D eigenvalue weighted by Crippen LogP contribution is 2.45. The normalized spacial score (nSPS) is 15.4. The molecular weight excluding hydrogens is 2010 g/mol. The summed E-state index contributed by atoms with van der Waals surface area (Å²) in [5, 5.41) is 0. The lowest BCUT2D eigenvalue weighted by Gasteiger charge is -2.16. The summed E-state index contributed by atoms with van der Waals surface area (Å²) >= 11 is 0. The summed E-state index contributed by atoms with van der Waals surface area (Å²) in [6, 6.07) is 91.8. The second-order valence-corrected chi connectivity index (χ2v) is 40.1. The second kappa shape index (κ2) is 83.6. The first kappa shape index (κ1) is 139. The van der Waals surface area contributed by atoms with E-state index in [1.807, 2.05) is 166 Å². The molecule has 0 aliphatic heterocycles. The van der Waals surface area contributed by atoms with Gasteiger partial charge >= 0.3 is 0 Å². The van der Waals surface area contributed by atoms with Gasteiger partial charge in [0, 0.05) is 0 Å². The van der Waals surface area contributed by atoms with Crippen molar-refractivity contribution in [3.8, 4) is 66.8 Å². The smallest absolute Gasteiger partial charge is 0.00899 e. The molecule has 22 atom stereocenters. The minimum atomic E-state index is 0.719. The van der Waals surface area contributed by atoms with Crippen LogP contribution in [0.25, 0.3) is 66.8 Å². The van der Waals surface area contributed by atoms with Crippen molar-refractivity contribution >= 4 is 139 Å². The lowest BCUT2D eigenvalue weighted by atomic mass is 9.95. The van der Waals surface area contributed by atoms with E-state index in [2.05, 4.69) is 381 Å². The van der Waals surface area contributed by atoms with Crippen LogP contribution in [0, 0.1) is 17.8 Å². The number of rotatable bonds is 21. The van der Waals surface area contributed by atoms with Crippen LogP contribution in [-0.4, -0.2) is 43.1 Å². The maximum atomic E-state index is 2.93. The van der Waals surface area contributed by atoms with Gasteiger partial charge in [-0.1, -0.05) is 409 Å². The third-order valence-corrected chi connectivity index (χ3v) is 34.0. The van der Waals surface area contributed by atoms with Crippen LogP contribution in [0.3, 0.4) is 0 Å². The molecule has 12 aromatic rings. The van der Waals surface area contributed by atoms with Gasteiger partial charge in [-0.25, -0.2) is 0 Å². The van der Waals surface area contributed by atoms with E-state index in [9.17, 15) is 0 Å². The first-order valence-corrected chi connectivity index (χ1v) is 67.8. The molecule has 0 nitrogen and oxygen atoms in total. The number of benzene rings is 12. The van der Waals surface area contributed by atoms with E-state index in [4.69, 9.17) is 0 Å². The Balaban J connectivity index is 0.000000828. The van der Waals surface area contributed by atoms with Gasteiger partial charge in [-0.2, -0.15) is 0 Å². The Morgan fingerprint density at radius 2 is 0.417 bits per heavy atom. The van der Waals surface area contributed by atoms with Gasteiger partial charge in [-0.3, -0.25) is 0 Å². The van der Waals surface area contributed by atoms with Crippen LogP contribution in [0.1, 0.15) is 320 Å². The molecule has 0 saturated carbocycles. The molecule has 15 heteroatoms. The fourth-order valence-electron chi connectivity index (χ4n) is 18.8. The van der Waals surface area contributed by atoms with Crippen LogP contribution >= 0.6 is 139 Å². The standard InChI is InChI=1S/3C18H23P3.3C17H20P2.12C2H6/c19-9-15-3-1-12(8-17(15)11-21)13-5-6-18-14(7-13)2-4-16(18)10-20;19-9-12-1-3-13(4-2-12)14-5-6-17-15(7-14)8-16(10-20)18(17)11-21;19-9-12-5-13-1-2-14(7-17(13)6-12)15-3-4-16(10-20)18(8-15)11-21;18-10-12-1-3-13(4-2-12)15-7-5-14-6-8-16(11-19)17(14)9-15;18-10-12-1-3-14(4-2-12)16-6-5-15-7-13(11-19)8-17(15)9-16;18-10-12-1-3-13(4-2-12)14-7-8-17-15(9-14)5-6-16(17)11-19;12*1-2/h1,3,5-8,16H,2,4,9-11,19-21H2;1-7,16,18H,8-11,19-21H2;1-4,7-8,12H,5-6,9-11,19-21H2;1-5,7,9,16H,6,8,10-11,18-19H2;1-6,9,13H,7-8,10-11,18-19H2;1-4,7-9,16H,5-6,10-11,18-19H2;12*1-2H3. The van der Waals surface area contributed by atoms with Crippen LogP contribution in [-0.2, 0) is 101 Å². The zero-order valence-corrected chi connectivity index (χ0v) is 112. The Bertz CT molecular complexity index is 5350. The van der Waals surface area contributed by atoms with E-state index in [-0.39, 0.29) is 0 Å². The van der Waals surface area contributed by atoms with Crippen LogP contribution in [0.5, 0.6) is 0 Å². The molecule has 22 unspecified atom stereocenters. The molecule has 18 rings (SSSR count). The van der Waals surface area contributed by atoms with Crippen LogP contribution in [0.15, 0.2) is 243 Å². The predicted octanol–water partition coefficient (Wildman–Crippen LogP) is 40.3. The zero-order valence-electron chi connectivity index (χ0n) is 94.2. The molecule has 0 saturated heterocycles. The molecule has 0 fully saturated rings. The highest BCUT2D eigenvalue weighted by molar-refractivity contribution is 7.18. The molecule has 0 aromatic heterocycles. The Hall–Kier alpha value is -2.91. The number of hydrogen-bond donors (Lipinski definition) is 0. The van der Waals surface area contributed by atoms with Crippen molar-refractivity contribution in [2.45, 2.75) is 310 Å². The molecule has 792 valence electrons. The van der Waals surface area contributed by atoms with Gasteiger partial charge in [-0.05, 0) is 383 Å². The van der Waals surface area contributed by atoms with Gasteiger partial charge in [0.05, 0.1) is 0 Å². The third kappa shape index (κ3) is 42.4. The summed E-state index contributed by atoms with van der Waals surface area (Å²) in [4.78, 5) is 0. The molecule has 0 bridgehead atoms. The first-order chi connectivity index (χ1) is 70.7. The molecule has 6 aliphatic rings. The van der Waals surface area contributed by atoms with E-state index < -0.39 is 0 Å². The lowest BCUT2D eigenvalue weighted by molar-refractivity contribution is 0.547. The van der Waals surface area contributed by atoms with Gasteiger partial charge in [0.2, 0.25) is 0 Å². The number of hydrogen-bond acceptors (Lipinski definition) is 0. The van der Waals surface area contributed by atoms with Crippen molar-refractivity contribution in [3.05, 3.63) is 354 Å². The Kier molecular flexibility index (Phi) is 80.7. The van der Waals surface area contributed by atoms with E-state index in [0.717, 1.165) is 90.7 Å². The van der Waals surface area contributed by atoms with E-state index in [0.29, 0.717) is 0 Å². The van der Waals surface area contributed by atoms with Gasteiger partial charge in [0.15, 0.2) is 0 Å². The van der Waals surface area contributed by atoms with E-state index >= 15 is 0 Å². The minimum absolute atomic E-state index is 0.719. The van der Waals surface area contributed by atoms with Crippen molar-refractivity contribution in [1.82, 2.24) is 0 Å². The lowest BCUT2D eigenvalue weighted by Crippen LogP contribution is -2.10. The molecule has 0 spiro atoms. The maximum Gasteiger partial charge on any atom is -0.00899 e. The molecule has 6 aliphatic carbocycles. The predicted molar refractivity (Wildman–Crippen MR) is 722 cm³/mol. The van der Waals surface area contributed by atoms with Crippen LogP contribution in [0.2, 0.25) is 0 Å². The molecular formula is C129H201P15. The monoisotopic (exact) mass is 2220 g/mol. The van der Waals surface area contributed by atoms with Gasteiger partial charge in [0.1, 0.15) is 0 Å². The largest absolute Gasteiger partial charge is 0.137 e. The average Bonchev–Trinajstić information content (AvgIpc) is 1.64. The van der Waals surface area contributed by atoms with E-state index in [1.54, 1.807) is 66.8 Å². The SMILES string of the molecule is CC.CC.CC.CC.CC.CC.CC.CC.CC.CC.CC.CC.PCc1ccc(-c2ccc3c(c2)C(CP)CC3)cc1.PCc1ccc(-c2ccc3c(c2)CC(CP)C3)cc1.PCc1ccc(-c2ccc3c(c2)CC(CP)C3)cc1CP.PCc1ccc(-c2ccc3c(c2)CC(CP)C3CP)cc1.PCc1ccc(-c2ccc3c(c2)CCC3CP)cc1.PCc1ccc(-c2ccc3c(c2)CCC3CP)cc1CP. The summed E-state index contributed by atoms with van der Waals surface area (Å²) in [6.45, 7) is 48.0. The van der Waals surface area contributed by atoms with Crippen LogP contribution in [0.4, 0.5) is 0 Å². The highest BCUT2D eigenvalue weighted by atomic mass is 31.0. The van der Waals surface area contributed by atoms with Crippen molar-refractivity contribution < 1.29 is 0 Å². The fourth-order valence-corrected chi connectivity index (χ4v) is 24.7. The molecule has 0 radical (unpaired) electrons. The van der Waals surface area contributed by atoms with Crippen molar-refractivity contribution in [2.75, 3.05) is 43.1 Å². The van der Waals surface area contributed by atoms with Crippen LogP contribution < -0.4 is 0 Å². The summed E-state index contributed by atoms with van der Waals surface area (Å²) in [7, 11) is 42.8. The first-order valence-electron chi connectivity index (χ1n) is 55.6. The topological polar surface area (TPSA) is 0 Å². The Morgan fingerprint density at radius 1 is 0.174 bits per heavy atom. The summed E-state index contributed by atoms with van der Waals surface area (Å²) < 4.78 is 0. The average molecular weight is 2220 g/mol. The summed E-state index contributed by atoms with van der Waals surface area (Å²) in [6.07, 6.45) is 30.5. The third-order valence-electron chi connectivity index (χ3n) is 26.2. The Labute approximate surface area is 922 Å². The highest BCUT2D eigenvalue weighted by Gasteiger charge is 2.31. The maximum absolute atomic E-state index is 2.93. The number of aryl methyl sites for hydroxylation is 3. The molecule has 0 heterocycles. The Morgan fingerprint density at radius 3 is 0.708 bits per heavy atom. The molecule has 144 heavy (non-hydrogen) atoms. The number of fused-ring (bicyclic) bond motifs is 6. The fraction of sp³-hybridized carbons (Fsp3) is 0.442. The molecule has 12 aromatic carbocycles. The van der Waals surface area contributed by atoms with Crippen molar-refractivity contribution in [2.24, 2.45) is 17.8 Å². The van der Waals surface area contributed by atoms with Crippen molar-refractivity contribution in [1.29, 1.82) is 0 Å². The molecule has 0 amide bonds. The summed E-state index contributed by atoms with van der Waals surface area (Å²) in [5.41, 5.74) is 46.2. The zero-order chi connectivity index (χ0) is 108. The van der Waals surface area contributed by atoms with Gasteiger partial charge in [0.25, 0.3) is 0 Å². The van der Waals surface area contributed by atoms with E-state index in [1.165, 1.54) is 225 Å². The quantitative estimate of drug-likeness (QED) is 0.0629. The van der Waals surface area contributed by atoms with Gasteiger partial charge < -0.3 is 0 Å². The minimum Gasteiger partial charge on any atom is -0.137 e. The second-order valence-electron chi connectivity index (χ2n) is 33.5. The molecule has 0 N–H and O–H groups in total. The van der Waals surface area contributed by atoms with Crippen molar-refractivity contribution in [3.63, 3.8) is 0 Å². The summed E-state index contributed by atoms with van der Waals surface area (Å²) in [5.74, 6) is 5.41. The van der Waals surface area contributed by atoms with Gasteiger partial charge in [-0.15, -0.1) is 139 Å².